The summed E-state index contributed by atoms with van der Waals surface area (Å²) in [6, 6.07) is 14.3. The molecule has 0 bridgehead atoms. The van der Waals surface area contributed by atoms with Gasteiger partial charge in [0, 0.05) is 63.7 Å². The van der Waals surface area contributed by atoms with Crippen molar-refractivity contribution < 1.29 is 14.2 Å². The number of hydrogen-bond acceptors (Lipinski definition) is 7. The first kappa shape index (κ1) is 27.2. The summed E-state index contributed by atoms with van der Waals surface area (Å²) < 4.78 is 21.5. The zero-order valence-electron chi connectivity index (χ0n) is 22.2. The second kappa shape index (κ2) is 11.8. The van der Waals surface area contributed by atoms with E-state index in [-0.39, 0.29) is 17.4 Å². The fourth-order valence-corrected chi connectivity index (χ4v) is 5.81. The molecule has 2 fully saturated rings. The number of anilines is 1. The van der Waals surface area contributed by atoms with Gasteiger partial charge in [0.05, 0.1) is 16.7 Å². The summed E-state index contributed by atoms with van der Waals surface area (Å²) in [6.07, 6.45) is 1.57. The third kappa shape index (κ3) is 6.62. The summed E-state index contributed by atoms with van der Waals surface area (Å²) in [5.41, 5.74) is 0.769. The molecule has 1 N–H and O–H groups in total. The molecule has 7 nitrogen and oxygen atoms in total. The van der Waals surface area contributed by atoms with Crippen LogP contribution in [0.1, 0.15) is 32.3 Å². The van der Waals surface area contributed by atoms with E-state index in [2.05, 4.69) is 68.0 Å². The summed E-state index contributed by atoms with van der Waals surface area (Å²) in [5, 5.41) is 11.3. The monoisotopic (exact) mass is 585 g/mol. The van der Waals surface area contributed by atoms with Crippen LogP contribution in [0.15, 0.2) is 46.9 Å². The van der Waals surface area contributed by atoms with Gasteiger partial charge in [0.1, 0.15) is 11.3 Å². The Morgan fingerprint density at radius 2 is 1.79 bits per heavy atom. The number of nitrogens with zero attached hydrogens (tertiary/aromatic N) is 5. The number of fused-ring (bicyclic) bond motifs is 1. The van der Waals surface area contributed by atoms with Crippen LogP contribution in [0, 0.1) is 11.7 Å². The molecule has 204 valence electrons. The highest BCUT2D eigenvalue weighted by molar-refractivity contribution is 9.10. The molecule has 2 aliphatic heterocycles. The molecule has 0 spiro atoms. The summed E-state index contributed by atoms with van der Waals surface area (Å²) in [5.74, 6) is 0.446. The van der Waals surface area contributed by atoms with Gasteiger partial charge in [-0.1, -0.05) is 37.3 Å². The van der Waals surface area contributed by atoms with E-state index in [9.17, 15) is 5.11 Å². The lowest BCUT2D eigenvalue weighted by Gasteiger charge is -2.38. The van der Waals surface area contributed by atoms with Crippen molar-refractivity contribution in [2.75, 3.05) is 57.3 Å². The number of aromatic nitrogens is 2. The molecule has 1 aromatic heterocycles. The molecule has 0 saturated carbocycles. The zero-order chi connectivity index (χ0) is 26.7. The summed E-state index contributed by atoms with van der Waals surface area (Å²) in [7, 11) is 0. The smallest absolute Gasteiger partial charge is 0.319 e. The Labute approximate surface area is 232 Å². The van der Waals surface area contributed by atoms with Crippen LogP contribution in [0.25, 0.3) is 10.9 Å². The lowest BCUT2D eigenvalue weighted by Crippen LogP contribution is -2.47. The normalized spacial score (nSPS) is 22.1. The first-order valence-corrected chi connectivity index (χ1v) is 14.3. The minimum atomic E-state index is -0.815. The van der Waals surface area contributed by atoms with Crippen molar-refractivity contribution >= 4 is 32.7 Å². The molecule has 0 radical (unpaired) electrons. The number of aliphatic hydroxyl groups is 1. The van der Waals surface area contributed by atoms with Crippen LogP contribution in [-0.2, 0) is 6.54 Å². The molecular formula is C29H37BrFN5O2. The van der Waals surface area contributed by atoms with Crippen LogP contribution in [-0.4, -0.2) is 82.9 Å². The molecule has 2 saturated heterocycles. The van der Waals surface area contributed by atoms with Gasteiger partial charge in [-0.05, 0) is 53.4 Å². The van der Waals surface area contributed by atoms with Gasteiger partial charge in [0.15, 0.2) is 5.82 Å². The van der Waals surface area contributed by atoms with E-state index >= 15 is 4.39 Å². The third-order valence-corrected chi connectivity index (χ3v) is 8.09. The van der Waals surface area contributed by atoms with E-state index in [1.165, 1.54) is 5.56 Å². The van der Waals surface area contributed by atoms with E-state index in [4.69, 9.17) is 9.72 Å². The average Bonchev–Trinajstić information content (AvgIpc) is 2.90. The molecule has 5 rings (SSSR count). The van der Waals surface area contributed by atoms with Gasteiger partial charge in [-0.15, -0.1) is 0 Å². The minimum absolute atomic E-state index is 0.175. The number of hydrogen-bond donors (Lipinski definition) is 1. The standard InChI is InChI=1S/C29H37BrFN5O2/c1-21(17-34-13-15-35(16-14-34)18-22-7-4-3-5-8-22)19-38-28-32-26-23(9-10-24(30)25(26)31)27(33-28)36-12-6-11-29(2,37)20-36/h3-5,7-10,21,37H,6,11-20H2,1-2H3. The van der Waals surface area contributed by atoms with E-state index in [1.54, 1.807) is 6.07 Å². The zero-order valence-corrected chi connectivity index (χ0v) is 23.8. The van der Waals surface area contributed by atoms with Crippen molar-refractivity contribution in [3.05, 3.63) is 58.3 Å². The van der Waals surface area contributed by atoms with E-state index in [0.717, 1.165) is 58.7 Å². The number of β-amino-alcohol motifs (C(OH)–C–C–N with tert-alkyl or cyclic N) is 1. The van der Waals surface area contributed by atoms with Gasteiger partial charge in [0.2, 0.25) is 0 Å². The van der Waals surface area contributed by atoms with Crippen molar-refractivity contribution in [2.45, 2.75) is 38.8 Å². The van der Waals surface area contributed by atoms with Crippen molar-refractivity contribution in [1.82, 2.24) is 19.8 Å². The van der Waals surface area contributed by atoms with Crippen LogP contribution >= 0.6 is 15.9 Å². The first-order valence-electron chi connectivity index (χ1n) is 13.5. The summed E-state index contributed by atoms with van der Waals surface area (Å²) in [4.78, 5) is 16.2. The molecule has 38 heavy (non-hydrogen) atoms. The van der Waals surface area contributed by atoms with Crippen LogP contribution in [0.2, 0.25) is 0 Å². The Hall–Kier alpha value is -2.33. The fraction of sp³-hybridized carbons (Fsp3) is 0.517. The Morgan fingerprint density at radius 1 is 1.05 bits per heavy atom. The first-order chi connectivity index (χ1) is 18.3. The van der Waals surface area contributed by atoms with Crippen LogP contribution in [0.3, 0.4) is 0 Å². The van der Waals surface area contributed by atoms with E-state index < -0.39 is 11.4 Å². The van der Waals surface area contributed by atoms with Gasteiger partial charge in [-0.3, -0.25) is 4.90 Å². The molecule has 2 aliphatic rings. The van der Waals surface area contributed by atoms with Crippen LogP contribution < -0.4 is 9.64 Å². The Morgan fingerprint density at radius 3 is 2.53 bits per heavy atom. The molecule has 2 atom stereocenters. The number of halogens is 2. The molecule has 2 aromatic carbocycles. The summed E-state index contributed by atoms with van der Waals surface area (Å²) >= 11 is 3.28. The largest absolute Gasteiger partial charge is 0.463 e. The number of piperidine rings is 1. The lowest BCUT2D eigenvalue weighted by molar-refractivity contribution is 0.0447. The lowest BCUT2D eigenvalue weighted by atomic mass is 9.95. The summed E-state index contributed by atoms with van der Waals surface area (Å²) in [6.45, 7) is 11.7. The van der Waals surface area contributed by atoms with Gasteiger partial charge >= 0.3 is 6.01 Å². The van der Waals surface area contributed by atoms with E-state index in [0.29, 0.717) is 28.8 Å². The van der Waals surface area contributed by atoms with Gasteiger partial charge < -0.3 is 19.6 Å². The maximum absolute atomic E-state index is 15.1. The maximum atomic E-state index is 15.1. The van der Waals surface area contributed by atoms with Crippen molar-refractivity contribution in [2.24, 2.45) is 5.92 Å². The number of ether oxygens (including phenoxy) is 1. The van der Waals surface area contributed by atoms with E-state index in [1.807, 2.05) is 17.9 Å². The average molecular weight is 587 g/mol. The van der Waals surface area contributed by atoms with Crippen LogP contribution in [0.4, 0.5) is 10.2 Å². The highest BCUT2D eigenvalue weighted by Gasteiger charge is 2.31. The minimum Gasteiger partial charge on any atom is -0.463 e. The quantitative estimate of drug-likeness (QED) is 0.410. The SMILES string of the molecule is CC(COc1nc(N2CCCC(C)(O)C2)c2ccc(Br)c(F)c2n1)CN1CCN(Cc2ccccc2)CC1. The molecule has 2 unspecified atom stereocenters. The Balaban J connectivity index is 1.22. The Bertz CT molecular complexity index is 1240. The van der Waals surface area contributed by atoms with Gasteiger partial charge in [-0.25, -0.2) is 4.39 Å². The van der Waals surface area contributed by atoms with Gasteiger partial charge in [-0.2, -0.15) is 9.97 Å². The number of piperazine rings is 1. The molecule has 0 amide bonds. The predicted molar refractivity (Wildman–Crippen MR) is 152 cm³/mol. The molecule has 3 heterocycles. The maximum Gasteiger partial charge on any atom is 0.319 e. The van der Waals surface area contributed by atoms with Crippen molar-refractivity contribution in [3.8, 4) is 6.01 Å². The number of rotatable bonds is 8. The second-order valence-electron chi connectivity index (χ2n) is 11.1. The third-order valence-electron chi connectivity index (χ3n) is 7.47. The second-order valence-corrected chi connectivity index (χ2v) is 11.9. The van der Waals surface area contributed by atoms with Crippen molar-refractivity contribution in [1.29, 1.82) is 0 Å². The fourth-order valence-electron chi connectivity index (χ4n) is 5.49. The van der Waals surface area contributed by atoms with Crippen LogP contribution in [0.5, 0.6) is 6.01 Å². The van der Waals surface area contributed by atoms with Gasteiger partial charge in [0.25, 0.3) is 0 Å². The Kier molecular flexibility index (Phi) is 8.47. The topological polar surface area (TPSA) is 65.0 Å². The molecular weight excluding hydrogens is 549 g/mol. The number of benzene rings is 2. The molecule has 0 aliphatic carbocycles. The predicted octanol–water partition coefficient (Wildman–Crippen LogP) is 4.72. The highest BCUT2D eigenvalue weighted by Crippen LogP contribution is 2.34. The highest BCUT2D eigenvalue weighted by atomic mass is 79.9. The molecule has 9 heteroatoms. The molecule has 3 aromatic rings. The van der Waals surface area contributed by atoms with Crippen molar-refractivity contribution in [3.63, 3.8) is 0 Å².